The fourth-order valence-corrected chi connectivity index (χ4v) is 2.52. The number of ether oxygens (including phenoxy) is 3. The topological polar surface area (TPSA) is 85.9 Å². The van der Waals surface area contributed by atoms with E-state index in [1.54, 1.807) is 24.3 Å². The number of amides is 2. The molecule has 0 aromatic heterocycles. The lowest BCUT2D eigenvalue weighted by molar-refractivity contribution is -0.123. The molecule has 144 valence electrons. The van der Waals surface area contributed by atoms with Gasteiger partial charge in [0.1, 0.15) is 5.75 Å². The summed E-state index contributed by atoms with van der Waals surface area (Å²) in [5.41, 5.74) is 4.84. The Morgan fingerprint density at radius 2 is 1.70 bits per heavy atom. The van der Waals surface area contributed by atoms with E-state index < -0.39 is 11.8 Å². The molecule has 0 spiro atoms. The number of carbonyl (C=O) groups is 2. The van der Waals surface area contributed by atoms with Crippen LogP contribution in [0.3, 0.4) is 0 Å². The molecule has 2 rings (SSSR count). The van der Waals surface area contributed by atoms with E-state index in [9.17, 15) is 9.59 Å². The fraction of sp³-hybridized carbons (Fsp3) is 0.222. The third-order valence-electron chi connectivity index (χ3n) is 3.29. The normalized spacial score (nSPS) is 10.1. The molecule has 27 heavy (non-hydrogen) atoms. The van der Waals surface area contributed by atoms with Gasteiger partial charge >= 0.3 is 0 Å². The van der Waals surface area contributed by atoms with Gasteiger partial charge in [-0.3, -0.25) is 20.4 Å². The molecule has 9 heteroatoms. The number of nitrogens with one attached hydrogen (secondary N) is 2. The zero-order valence-corrected chi connectivity index (χ0v) is 16.2. The highest BCUT2D eigenvalue weighted by molar-refractivity contribution is 6.35. The van der Waals surface area contributed by atoms with Crippen molar-refractivity contribution in [1.82, 2.24) is 10.9 Å². The second-order valence-electron chi connectivity index (χ2n) is 5.16. The molecule has 0 bridgehead atoms. The van der Waals surface area contributed by atoms with E-state index in [4.69, 9.17) is 37.4 Å². The van der Waals surface area contributed by atoms with Crippen LogP contribution in [0.25, 0.3) is 0 Å². The number of benzene rings is 2. The van der Waals surface area contributed by atoms with Crippen LogP contribution in [0.5, 0.6) is 17.2 Å². The summed E-state index contributed by atoms with van der Waals surface area (Å²) in [4.78, 5) is 24.0. The van der Waals surface area contributed by atoms with Gasteiger partial charge in [-0.1, -0.05) is 23.2 Å². The first-order valence-corrected chi connectivity index (χ1v) is 8.68. The van der Waals surface area contributed by atoms with E-state index in [2.05, 4.69) is 10.9 Å². The monoisotopic (exact) mass is 412 g/mol. The molecule has 0 fully saturated rings. The van der Waals surface area contributed by atoms with Gasteiger partial charge in [0.25, 0.3) is 11.8 Å². The summed E-state index contributed by atoms with van der Waals surface area (Å²) < 4.78 is 15.9. The first-order chi connectivity index (χ1) is 12.9. The van der Waals surface area contributed by atoms with Crippen molar-refractivity contribution in [1.29, 1.82) is 0 Å². The lowest BCUT2D eigenvalue weighted by atomic mass is 10.2. The average Bonchev–Trinajstić information content (AvgIpc) is 2.66. The summed E-state index contributed by atoms with van der Waals surface area (Å²) in [6.07, 6.45) is 0. The van der Waals surface area contributed by atoms with Gasteiger partial charge in [0, 0.05) is 10.6 Å². The van der Waals surface area contributed by atoms with Crippen LogP contribution in [0.4, 0.5) is 0 Å². The molecule has 0 radical (unpaired) electrons. The predicted octanol–water partition coefficient (Wildman–Crippen LogP) is 3.24. The first kappa shape index (κ1) is 20.7. The van der Waals surface area contributed by atoms with Crippen LogP contribution in [0.2, 0.25) is 10.0 Å². The Kier molecular flexibility index (Phi) is 7.57. The Balaban J connectivity index is 1.88. The SMILES string of the molecule is CCOc1ccc(C(=O)NNC(=O)COc2ccc(Cl)cc2Cl)cc1OC. The summed E-state index contributed by atoms with van der Waals surface area (Å²) in [5, 5.41) is 0.732. The number of methoxy groups -OCH3 is 1. The Bertz CT molecular complexity index is 829. The molecular formula is C18H18Cl2N2O5. The van der Waals surface area contributed by atoms with Crippen molar-refractivity contribution in [2.45, 2.75) is 6.92 Å². The minimum Gasteiger partial charge on any atom is -0.493 e. The van der Waals surface area contributed by atoms with Crippen LogP contribution < -0.4 is 25.1 Å². The average molecular weight is 413 g/mol. The minimum atomic E-state index is -0.563. The lowest BCUT2D eigenvalue weighted by Crippen LogP contribution is -2.43. The standard InChI is InChI=1S/C18H18Cl2N2O5/c1-3-26-15-6-4-11(8-16(15)25-2)18(24)22-21-17(23)10-27-14-7-5-12(19)9-13(14)20/h4-9H,3,10H2,1-2H3,(H,21,23)(H,22,24). The van der Waals surface area contributed by atoms with Crippen LogP contribution in [0.1, 0.15) is 17.3 Å². The largest absolute Gasteiger partial charge is 0.493 e. The van der Waals surface area contributed by atoms with E-state index in [0.717, 1.165) is 0 Å². The number of rotatable bonds is 7. The van der Waals surface area contributed by atoms with Gasteiger partial charge in [0.2, 0.25) is 0 Å². The second-order valence-corrected chi connectivity index (χ2v) is 6.01. The van der Waals surface area contributed by atoms with Crippen molar-refractivity contribution >= 4 is 35.0 Å². The maximum Gasteiger partial charge on any atom is 0.276 e. The number of hydrogen-bond donors (Lipinski definition) is 2. The van der Waals surface area contributed by atoms with Crippen LogP contribution in [0, 0.1) is 0 Å². The highest BCUT2D eigenvalue weighted by Crippen LogP contribution is 2.28. The molecular weight excluding hydrogens is 395 g/mol. The Hall–Kier alpha value is -2.64. The second kappa shape index (κ2) is 9.89. The first-order valence-electron chi connectivity index (χ1n) is 7.92. The van der Waals surface area contributed by atoms with Crippen LogP contribution in [0.15, 0.2) is 36.4 Å². The molecule has 0 aliphatic heterocycles. The lowest BCUT2D eigenvalue weighted by Gasteiger charge is -2.12. The Labute approximate surface area is 166 Å². The van der Waals surface area contributed by atoms with Crippen molar-refractivity contribution in [3.8, 4) is 17.2 Å². The maximum absolute atomic E-state index is 12.2. The van der Waals surface area contributed by atoms with Gasteiger partial charge in [-0.25, -0.2) is 0 Å². The van der Waals surface area contributed by atoms with Gasteiger partial charge in [0.15, 0.2) is 18.1 Å². The predicted molar refractivity (Wildman–Crippen MR) is 102 cm³/mol. The van der Waals surface area contributed by atoms with Crippen molar-refractivity contribution in [3.05, 3.63) is 52.0 Å². The number of hydrazine groups is 1. The molecule has 2 aromatic carbocycles. The van der Waals surface area contributed by atoms with Gasteiger partial charge in [-0.05, 0) is 43.3 Å². The molecule has 0 heterocycles. The molecule has 0 aliphatic rings. The smallest absolute Gasteiger partial charge is 0.276 e. The molecule has 0 unspecified atom stereocenters. The van der Waals surface area contributed by atoms with Crippen LogP contribution >= 0.6 is 23.2 Å². The van der Waals surface area contributed by atoms with Gasteiger partial charge in [-0.15, -0.1) is 0 Å². The van der Waals surface area contributed by atoms with E-state index in [1.807, 2.05) is 6.92 Å². The molecule has 0 saturated heterocycles. The number of carbonyl (C=O) groups excluding carboxylic acids is 2. The molecule has 2 aromatic rings. The zero-order chi connectivity index (χ0) is 19.8. The Morgan fingerprint density at radius 1 is 0.963 bits per heavy atom. The maximum atomic E-state index is 12.2. The molecule has 2 amide bonds. The van der Waals surface area contributed by atoms with E-state index >= 15 is 0 Å². The molecule has 0 aliphatic carbocycles. The van der Waals surface area contributed by atoms with Gasteiger partial charge < -0.3 is 14.2 Å². The third kappa shape index (κ3) is 5.94. The van der Waals surface area contributed by atoms with E-state index in [-0.39, 0.29) is 17.2 Å². The number of hydrogen-bond acceptors (Lipinski definition) is 5. The van der Waals surface area contributed by atoms with Crippen molar-refractivity contribution < 1.29 is 23.8 Å². The number of halogens is 2. The van der Waals surface area contributed by atoms with E-state index in [1.165, 1.54) is 19.2 Å². The highest BCUT2D eigenvalue weighted by Gasteiger charge is 2.12. The molecule has 0 atom stereocenters. The van der Waals surface area contributed by atoms with Crippen molar-refractivity contribution in [2.75, 3.05) is 20.3 Å². The molecule has 2 N–H and O–H groups in total. The third-order valence-corrected chi connectivity index (χ3v) is 3.82. The van der Waals surface area contributed by atoms with E-state index in [0.29, 0.717) is 28.9 Å². The fourth-order valence-electron chi connectivity index (χ4n) is 2.05. The summed E-state index contributed by atoms with van der Waals surface area (Å²) in [7, 11) is 1.47. The zero-order valence-electron chi connectivity index (χ0n) is 14.7. The van der Waals surface area contributed by atoms with Crippen LogP contribution in [-0.4, -0.2) is 32.1 Å². The minimum absolute atomic E-state index is 0.279. The van der Waals surface area contributed by atoms with Crippen molar-refractivity contribution in [3.63, 3.8) is 0 Å². The molecule has 0 saturated carbocycles. The Morgan fingerprint density at radius 3 is 2.37 bits per heavy atom. The summed E-state index contributed by atoms with van der Waals surface area (Å²) in [5.74, 6) is 0.158. The molecule has 7 nitrogen and oxygen atoms in total. The summed E-state index contributed by atoms with van der Waals surface area (Å²) in [6.45, 7) is 1.97. The summed E-state index contributed by atoms with van der Waals surface area (Å²) >= 11 is 11.7. The summed E-state index contributed by atoms with van der Waals surface area (Å²) in [6, 6.07) is 9.31. The van der Waals surface area contributed by atoms with Gasteiger partial charge in [0.05, 0.1) is 18.7 Å². The highest BCUT2D eigenvalue weighted by atomic mass is 35.5. The van der Waals surface area contributed by atoms with Gasteiger partial charge in [-0.2, -0.15) is 0 Å². The van der Waals surface area contributed by atoms with Crippen molar-refractivity contribution in [2.24, 2.45) is 0 Å². The van der Waals surface area contributed by atoms with Crippen LogP contribution in [-0.2, 0) is 4.79 Å². The quantitative estimate of drug-likeness (QED) is 0.681.